The monoisotopic (exact) mass is 522 g/mol. The van der Waals surface area contributed by atoms with E-state index >= 15 is 0 Å². The number of carbonyl (C=O) groups excluding carboxylic acids is 2. The van der Waals surface area contributed by atoms with Gasteiger partial charge in [-0.15, -0.1) is 17.5 Å². The number of benzene rings is 1. The van der Waals surface area contributed by atoms with Gasteiger partial charge in [0.25, 0.3) is 0 Å². The second-order valence-corrected chi connectivity index (χ2v) is 9.53. The third-order valence-electron chi connectivity index (χ3n) is 6.28. The standard InChI is InChI=1S/C25H31FN4O3S.ClH/c1-2-33-23(31)8-5-12-30-16-19(27-28-30)14-18-15-29(13-11-22(18)34)24(25(32)17-9-10-17)20-6-3-4-7-21(20)26;/h3-4,6-7,14,16-17,22,24,34H,2,5,8-13,15H2,1H3;1H/b18-14-;. The molecule has 2 aromatic rings. The number of aromatic nitrogens is 3. The van der Waals surface area contributed by atoms with Crippen molar-refractivity contribution in [3.8, 4) is 0 Å². The van der Waals surface area contributed by atoms with Crippen LogP contribution >= 0.6 is 25.0 Å². The van der Waals surface area contributed by atoms with Crippen LogP contribution in [0.2, 0.25) is 0 Å². The van der Waals surface area contributed by atoms with E-state index in [-0.39, 0.29) is 41.1 Å². The number of Topliss-reactive ketones (excluding diaryl/α,β-unsaturated/α-hetero) is 1. The Morgan fingerprint density at radius 2 is 2.06 bits per heavy atom. The van der Waals surface area contributed by atoms with Gasteiger partial charge in [-0.25, -0.2) is 4.39 Å². The van der Waals surface area contributed by atoms with Gasteiger partial charge in [0.1, 0.15) is 11.5 Å². The molecule has 1 aromatic heterocycles. The number of aryl methyl sites for hydroxylation is 1. The number of thiol groups is 1. The van der Waals surface area contributed by atoms with E-state index < -0.39 is 6.04 Å². The molecule has 2 fully saturated rings. The van der Waals surface area contributed by atoms with Gasteiger partial charge in [0.05, 0.1) is 18.8 Å². The Morgan fingerprint density at radius 1 is 1.29 bits per heavy atom. The number of nitrogens with zero attached hydrogens (tertiary/aromatic N) is 4. The van der Waals surface area contributed by atoms with Gasteiger partial charge in [0.15, 0.2) is 5.78 Å². The van der Waals surface area contributed by atoms with E-state index in [2.05, 4.69) is 15.2 Å². The van der Waals surface area contributed by atoms with Gasteiger partial charge in [0.2, 0.25) is 0 Å². The second-order valence-electron chi connectivity index (χ2n) is 8.91. The summed E-state index contributed by atoms with van der Waals surface area (Å²) in [5.41, 5.74) is 2.17. The lowest BCUT2D eigenvalue weighted by molar-refractivity contribution is -0.143. The maximum Gasteiger partial charge on any atom is 0.305 e. The predicted octanol–water partition coefficient (Wildman–Crippen LogP) is 4.29. The van der Waals surface area contributed by atoms with Crippen LogP contribution < -0.4 is 0 Å². The average molecular weight is 523 g/mol. The molecule has 1 saturated heterocycles. The van der Waals surface area contributed by atoms with Gasteiger partial charge in [-0.2, -0.15) is 12.6 Å². The highest BCUT2D eigenvalue weighted by atomic mass is 35.5. The highest BCUT2D eigenvalue weighted by Gasteiger charge is 2.40. The molecule has 4 rings (SSSR count). The van der Waals surface area contributed by atoms with Crippen molar-refractivity contribution in [2.45, 2.75) is 56.9 Å². The molecule has 0 bridgehead atoms. The summed E-state index contributed by atoms with van der Waals surface area (Å²) < 4.78 is 21.4. The topological polar surface area (TPSA) is 77.3 Å². The minimum Gasteiger partial charge on any atom is -0.466 e. The number of piperidine rings is 1. The quantitative estimate of drug-likeness (QED) is 0.370. The minimum absolute atomic E-state index is 0. The average Bonchev–Trinajstić information content (AvgIpc) is 3.58. The Kier molecular flexibility index (Phi) is 9.89. The van der Waals surface area contributed by atoms with Gasteiger partial charge >= 0.3 is 5.97 Å². The molecule has 0 N–H and O–H groups in total. The van der Waals surface area contributed by atoms with E-state index in [9.17, 15) is 14.0 Å². The lowest BCUT2D eigenvalue weighted by Crippen LogP contribution is -2.42. The Hall–Kier alpha value is -2.23. The van der Waals surface area contributed by atoms with Crippen LogP contribution in [-0.2, 0) is 20.9 Å². The number of esters is 1. The van der Waals surface area contributed by atoms with Crippen molar-refractivity contribution in [3.05, 3.63) is 53.1 Å². The maximum atomic E-state index is 14.7. The van der Waals surface area contributed by atoms with E-state index in [1.165, 1.54) is 6.07 Å². The van der Waals surface area contributed by atoms with Crippen molar-refractivity contribution in [2.75, 3.05) is 19.7 Å². The van der Waals surface area contributed by atoms with Crippen molar-refractivity contribution < 1.29 is 18.7 Å². The summed E-state index contributed by atoms with van der Waals surface area (Å²) in [5.74, 6) is -0.420. The summed E-state index contributed by atoms with van der Waals surface area (Å²) in [4.78, 5) is 26.8. The van der Waals surface area contributed by atoms with Crippen molar-refractivity contribution in [2.24, 2.45) is 5.92 Å². The zero-order valence-electron chi connectivity index (χ0n) is 19.8. The molecule has 35 heavy (non-hydrogen) atoms. The number of rotatable bonds is 10. The van der Waals surface area contributed by atoms with E-state index in [0.717, 1.165) is 24.8 Å². The summed E-state index contributed by atoms with van der Waals surface area (Å²) >= 11 is 4.75. The number of hydrogen-bond donors (Lipinski definition) is 1. The van der Waals surface area contributed by atoms with Gasteiger partial charge in [-0.05, 0) is 50.3 Å². The third kappa shape index (κ3) is 7.15. The van der Waals surface area contributed by atoms with Crippen LogP contribution in [0.15, 0.2) is 36.0 Å². The number of ether oxygens (including phenoxy) is 1. The van der Waals surface area contributed by atoms with E-state index in [4.69, 9.17) is 17.4 Å². The van der Waals surface area contributed by atoms with Crippen LogP contribution in [-0.4, -0.2) is 56.6 Å². The Bertz CT molecular complexity index is 1060. The largest absolute Gasteiger partial charge is 0.466 e. The van der Waals surface area contributed by atoms with E-state index in [1.807, 2.05) is 12.3 Å². The first kappa shape index (κ1) is 27.4. The Labute approximate surface area is 216 Å². The molecule has 0 spiro atoms. The molecule has 2 unspecified atom stereocenters. The number of likely N-dealkylation sites (tertiary alicyclic amines) is 1. The first-order valence-corrected chi connectivity index (χ1v) is 12.4. The fraction of sp³-hybridized carbons (Fsp3) is 0.520. The predicted molar refractivity (Wildman–Crippen MR) is 137 cm³/mol. The summed E-state index contributed by atoms with van der Waals surface area (Å²) in [7, 11) is 0. The van der Waals surface area contributed by atoms with Crippen LogP contribution in [0.1, 0.15) is 56.3 Å². The molecule has 1 aliphatic carbocycles. The normalized spacial score (nSPS) is 20.3. The van der Waals surface area contributed by atoms with Crippen molar-refractivity contribution >= 4 is 42.9 Å². The zero-order valence-corrected chi connectivity index (χ0v) is 21.5. The third-order valence-corrected chi connectivity index (χ3v) is 6.87. The molecular formula is C25H32ClFN4O3S. The molecule has 2 aliphatic rings. The lowest BCUT2D eigenvalue weighted by Gasteiger charge is -2.37. The number of ketones is 1. The van der Waals surface area contributed by atoms with E-state index in [1.54, 1.807) is 29.8 Å². The minimum atomic E-state index is -0.587. The fourth-order valence-electron chi connectivity index (χ4n) is 4.37. The molecule has 0 amide bonds. The number of halogens is 2. The zero-order chi connectivity index (χ0) is 24.1. The first-order chi connectivity index (χ1) is 16.5. The summed E-state index contributed by atoms with van der Waals surface area (Å²) in [6.07, 6.45) is 7.27. The molecular weight excluding hydrogens is 491 g/mol. The van der Waals surface area contributed by atoms with Crippen LogP contribution in [0.5, 0.6) is 0 Å². The second kappa shape index (κ2) is 12.6. The van der Waals surface area contributed by atoms with Crippen LogP contribution in [0.4, 0.5) is 4.39 Å². The van der Waals surface area contributed by atoms with Crippen molar-refractivity contribution in [1.82, 2.24) is 19.9 Å². The highest BCUT2D eigenvalue weighted by Crippen LogP contribution is 2.39. The molecule has 2 heterocycles. The lowest BCUT2D eigenvalue weighted by atomic mass is 9.93. The van der Waals surface area contributed by atoms with Crippen molar-refractivity contribution in [1.29, 1.82) is 0 Å². The van der Waals surface area contributed by atoms with Crippen LogP contribution in [0.3, 0.4) is 0 Å². The smallest absolute Gasteiger partial charge is 0.305 e. The van der Waals surface area contributed by atoms with Gasteiger partial charge in [-0.1, -0.05) is 23.4 Å². The Morgan fingerprint density at radius 3 is 2.77 bits per heavy atom. The van der Waals surface area contributed by atoms with E-state index in [0.29, 0.717) is 50.3 Å². The number of carbonyl (C=O) groups is 2. The molecule has 1 aromatic carbocycles. The molecule has 0 radical (unpaired) electrons. The highest BCUT2D eigenvalue weighted by molar-refractivity contribution is 7.81. The SMILES string of the molecule is CCOC(=O)CCCn1cc(/C=C2/CN(C(C(=O)C3CC3)c3ccccc3F)CCC2S)nn1.Cl. The maximum absolute atomic E-state index is 14.7. The molecule has 2 atom stereocenters. The molecule has 10 heteroatoms. The van der Waals surface area contributed by atoms with Crippen LogP contribution in [0, 0.1) is 11.7 Å². The van der Waals surface area contributed by atoms with Gasteiger partial charge < -0.3 is 4.74 Å². The molecule has 1 aliphatic heterocycles. The van der Waals surface area contributed by atoms with Gasteiger partial charge in [-0.3, -0.25) is 19.2 Å². The summed E-state index contributed by atoms with van der Waals surface area (Å²) in [6, 6.07) is 5.99. The fourth-order valence-corrected chi connectivity index (χ4v) is 4.64. The number of hydrogen-bond acceptors (Lipinski definition) is 7. The van der Waals surface area contributed by atoms with Gasteiger partial charge in [0, 0.05) is 42.8 Å². The Balaban J connectivity index is 0.00000342. The molecule has 190 valence electrons. The summed E-state index contributed by atoms with van der Waals surface area (Å²) in [6.45, 7) is 3.92. The van der Waals surface area contributed by atoms with Crippen molar-refractivity contribution in [3.63, 3.8) is 0 Å². The molecule has 1 saturated carbocycles. The molecule has 7 nitrogen and oxygen atoms in total. The first-order valence-electron chi connectivity index (χ1n) is 11.9. The summed E-state index contributed by atoms with van der Waals surface area (Å²) in [5, 5.41) is 8.42. The van der Waals surface area contributed by atoms with Crippen LogP contribution in [0.25, 0.3) is 6.08 Å².